The highest BCUT2D eigenvalue weighted by atomic mass is 16.3. The van der Waals surface area contributed by atoms with Gasteiger partial charge in [0.05, 0.1) is 6.10 Å². The zero-order valence-corrected chi connectivity index (χ0v) is 7.37. The van der Waals surface area contributed by atoms with Crippen molar-refractivity contribution in [2.24, 2.45) is 17.3 Å². The van der Waals surface area contributed by atoms with Crippen molar-refractivity contribution in [2.45, 2.75) is 38.2 Å². The Balaban J connectivity index is 2.01. The largest absolute Gasteiger partial charge is 0.393 e. The van der Waals surface area contributed by atoms with Gasteiger partial charge in [0.15, 0.2) is 0 Å². The average molecular weight is 164 g/mol. The highest BCUT2D eigenvalue weighted by molar-refractivity contribution is 5.20. The van der Waals surface area contributed by atoms with Crippen molar-refractivity contribution in [2.75, 3.05) is 0 Å². The Hall–Kier alpha value is -0.300. The van der Waals surface area contributed by atoms with E-state index in [1.807, 2.05) is 0 Å². The number of rotatable bonds is 0. The molecular weight excluding hydrogens is 148 g/mol. The molecule has 0 aromatic heterocycles. The van der Waals surface area contributed by atoms with Gasteiger partial charge in [0.2, 0.25) is 0 Å². The van der Waals surface area contributed by atoms with Crippen LogP contribution in [0.15, 0.2) is 12.2 Å². The van der Waals surface area contributed by atoms with Crippen LogP contribution in [-0.4, -0.2) is 11.2 Å². The van der Waals surface area contributed by atoms with E-state index in [4.69, 9.17) is 0 Å². The lowest BCUT2D eigenvalue weighted by molar-refractivity contribution is 0.107. The predicted octanol–water partition coefficient (Wildman–Crippen LogP) is 2.11. The van der Waals surface area contributed by atoms with E-state index in [-0.39, 0.29) is 6.10 Å². The number of hydrogen-bond acceptors (Lipinski definition) is 1. The standard InChI is InChI=1S/C11H16O/c12-10-5-7-11-6-1-2-8(11)3-4-9(10)11/h1,6,8-10,12H,2-5,7H2/t8-,9+,10-,11-/m1/s1. The van der Waals surface area contributed by atoms with Crippen LogP contribution in [0.2, 0.25) is 0 Å². The van der Waals surface area contributed by atoms with Crippen LogP contribution in [0.3, 0.4) is 0 Å². The van der Waals surface area contributed by atoms with Gasteiger partial charge >= 0.3 is 0 Å². The van der Waals surface area contributed by atoms with E-state index in [0.29, 0.717) is 11.3 Å². The summed E-state index contributed by atoms with van der Waals surface area (Å²) in [6, 6.07) is 0. The van der Waals surface area contributed by atoms with Gasteiger partial charge in [-0.1, -0.05) is 12.2 Å². The minimum absolute atomic E-state index is 0.0118. The van der Waals surface area contributed by atoms with Gasteiger partial charge in [-0.3, -0.25) is 0 Å². The quantitative estimate of drug-likeness (QED) is 0.544. The second kappa shape index (κ2) is 2.14. The maximum atomic E-state index is 9.81. The third kappa shape index (κ3) is 0.646. The van der Waals surface area contributed by atoms with E-state index in [1.165, 1.54) is 25.7 Å². The summed E-state index contributed by atoms with van der Waals surface area (Å²) < 4.78 is 0. The smallest absolute Gasteiger partial charge is 0.0577 e. The van der Waals surface area contributed by atoms with E-state index in [0.717, 1.165) is 12.3 Å². The highest BCUT2D eigenvalue weighted by Gasteiger charge is 2.55. The summed E-state index contributed by atoms with van der Waals surface area (Å²) in [6.07, 6.45) is 11.0. The van der Waals surface area contributed by atoms with Crippen LogP contribution in [0, 0.1) is 17.3 Å². The zero-order chi connectivity index (χ0) is 8.18. The Bertz CT molecular complexity index is 233. The minimum Gasteiger partial charge on any atom is -0.393 e. The topological polar surface area (TPSA) is 20.2 Å². The molecule has 2 fully saturated rings. The predicted molar refractivity (Wildman–Crippen MR) is 47.6 cm³/mol. The first-order chi connectivity index (χ1) is 5.83. The summed E-state index contributed by atoms with van der Waals surface area (Å²) in [5.41, 5.74) is 0.458. The Morgan fingerprint density at radius 2 is 2.17 bits per heavy atom. The average Bonchev–Trinajstić information content (AvgIpc) is 2.62. The van der Waals surface area contributed by atoms with Crippen LogP contribution >= 0.6 is 0 Å². The van der Waals surface area contributed by atoms with Crippen molar-refractivity contribution in [1.29, 1.82) is 0 Å². The molecule has 0 aromatic rings. The van der Waals surface area contributed by atoms with Gasteiger partial charge in [-0.2, -0.15) is 0 Å². The first kappa shape index (κ1) is 7.14. The summed E-state index contributed by atoms with van der Waals surface area (Å²) in [4.78, 5) is 0. The van der Waals surface area contributed by atoms with Crippen molar-refractivity contribution in [3.8, 4) is 0 Å². The third-order valence-electron chi connectivity index (χ3n) is 4.46. The molecule has 3 rings (SSSR count). The van der Waals surface area contributed by atoms with Crippen LogP contribution in [0.1, 0.15) is 32.1 Å². The van der Waals surface area contributed by atoms with Gasteiger partial charge in [0.25, 0.3) is 0 Å². The van der Waals surface area contributed by atoms with Gasteiger partial charge in [-0.05, 0) is 49.4 Å². The van der Waals surface area contributed by atoms with Crippen LogP contribution in [-0.2, 0) is 0 Å². The van der Waals surface area contributed by atoms with Crippen LogP contribution in [0.25, 0.3) is 0 Å². The molecule has 4 atom stereocenters. The Morgan fingerprint density at radius 3 is 3.08 bits per heavy atom. The Labute approximate surface area is 73.5 Å². The molecule has 3 aliphatic rings. The van der Waals surface area contributed by atoms with Gasteiger partial charge in [0, 0.05) is 0 Å². The SMILES string of the molecule is O[C@@H]1CC[C@]23C=CC[C@@H]2CC[C@@H]13. The van der Waals surface area contributed by atoms with E-state index in [9.17, 15) is 5.11 Å². The van der Waals surface area contributed by atoms with E-state index >= 15 is 0 Å². The lowest BCUT2D eigenvalue weighted by Crippen LogP contribution is -2.25. The summed E-state index contributed by atoms with van der Waals surface area (Å²) in [6.45, 7) is 0. The molecule has 0 aliphatic heterocycles. The van der Waals surface area contributed by atoms with E-state index in [2.05, 4.69) is 12.2 Å². The van der Waals surface area contributed by atoms with Crippen LogP contribution < -0.4 is 0 Å². The molecule has 1 nitrogen and oxygen atoms in total. The van der Waals surface area contributed by atoms with E-state index in [1.54, 1.807) is 0 Å². The van der Waals surface area contributed by atoms with Gasteiger partial charge in [-0.15, -0.1) is 0 Å². The molecule has 12 heavy (non-hydrogen) atoms. The monoisotopic (exact) mass is 164 g/mol. The number of aliphatic hydroxyl groups is 1. The molecule has 0 amide bonds. The van der Waals surface area contributed by atoms with Gasteiger partial charge in [0.1, 0.15) is 0 Å². The summed E-state index contributed by atoms with van der Waals surface area (Å²) in [5.74, 6) is 1.50. The number of hydrogen-bond donors (Lipinski definition) is 1. The minimum atomic E-state index is 0.0118. The van der Waals surface area contributed by atoms with Gasteiger partial charge < -0.3 is 5.11 Å². The van der Waals surface area contributed by atoms with Crippen molar-refractivity contribution in [3.63, 3.8) is 0 Å². The van der Waals surface area contributed by atoms with Crippen molar-refractivity contribution >= 4 is 0 Å². The molecular formula is C11H16O. The normalized spacial score (nSPS) is 55.9. The number of allylic oxidation sites excluding steroid dienone is 2. The fourth-order valence-electron chi connectivity index (χ4n) is 3.89. The van der Waals surface area contributed by atoms with Gasteiger partial charge in [-0.25, -0.2) is 0 Å². The lowest BCUT2D eigenvalue weighted by Gasteiger charge is -2.28. The fourth-order valence-corrected chi connectivity index (χ4v) is 3.89. The second-order valence-corrected chi connectivity index (χ2v) is 4.74. The summed E-state index contributed by atoms with van der Waals surface area (Å²) >= 11 is 0. The molecule has 66 valence electrons. The molecule has 0 bridgehead atoms. The molecule has 1 N–H and O–H groups in total. The first-order valence-electron chi connectivity index (χ1n) is 5.19. The lowest BCUT2D eigenvalue weighted by atomic mass is 9.76. The molecule has 0 saturated heterocycles. The van der Waals surface area contributed by atoms with Crippen LogP contribution in [0.5, 0.6) is 0 Å². The highest BCUT2D eigenvalue weighted by Crippen LogP contribution is 2.61. The molecule has 1 spiro atoms. The summed E-state index contributed by atoms with van der Waals surface area (Å²) in [7, 11) is 0. The van der Waals surface area contributed by atoms with Crippen molar-refractivity contribution in [3.05, 3.63) is 12.2 Å². The Kier molecular flexibility index (Phi) is 1.27. The zero-order valence-electron chi connectivity index (χ0n) is 7.37. The molecule has 1 heteroatoms. The third-order valence-corrected chi connectivity index (χ3v) is 4.46. The molecule has 0 radical (unpaired) electrons. The molecule has 2 saturated carbocycles. The van der Waals surface area contributed by atoms with Crippen LogP contribution in [0.4, 0.5) is 0 Å². The fraction of sp³-hybridized carbons (Fsp3) is 0.818. The molecule has 0 unspecified atom stereocenters. The second-order valence-electron chi connectivity index (χ2n) is 4.74. The molecule has 0 heterocycles. The molecule has 0 aromatic carbocycles. The molecule has 3 aliphatic carbocycles. The van der Waals surface area contributed by atoms with Crippen molar-refractivity contribution < 1.29 is 5.11 Å². The first-order valence-corrected chi connectivity index (χ1v) is 5.19. The van der Waals surface area contributed by atoms with Crippen molar-refractivity contribution in [1.82, 2.24) is 0 Å². The summed E-state index contributed by atoms with van der Waals surface area (Å²) in [5, 5.41) is 9.81. The van der Waals surface area contributed by atoms with E-state index < -0.39 is 0 Å². The Morgan fingerprint density at radius 1 is 1.25 bits per heavy atom. The maximum Gasteiger partial charge on any atom is 0.0577 e. The number of aliphatic hydroxyl groups excluding tert-OH is 1. The maximum absolute atomic E-state index is 9.81.